The van der Waals surface area contributed by atoms with Crippen LogP contribution in [-0.4, -0.2) is 68.7 Å². The highest BCUT2D eigenvalue weighted by Gasteiger charge is 2.33. The summed E-state index contributed by atoms with van der Waals surface area (Å²) in [5, 5.41) is 3.24. The maximum absolute atomic E-state index is 12.4. The van der Waals surface area contributed by atoms with Crippen LogP contribution in [0.5, 0.6) is 0 Å². The molecule has 20 heavy (non-hydrogen) atoms. The van der Waals surface area contributed by atoms with Gasteiger partial charge in [-0.3, -0.25) is 4.90 Å². The van der Waals surface area contributed by atoms with Crippen molar-refractivity contribution in [1.82, 2.24) is 14.5 Å². The molecule has 1 N–H and O–H groups in total. The van der Waals surface area contributed by atoms with Gasteiger partial charge in [-0.2, -0.15) is 0 Å². The largest absolute Gasteiger partial charge is 0.317 e. The molecule has 2 fully saturated rings. The number of sulfonamides is 1. The fourth-order valence-electron chi connectivity index (χ4n) is 3.27. The van der Waals surface area contributed by atoms with Crippen molar-refractivity contribution >= 4 is 10.0 Å². The second-order valence-corrected chi connectivity index (χ2v) is 8.01. The van der Waals surface area contributed by atoms with Gasteiger partial charge in [-0.1, -0.05) is 6.92 Å². The van der Waals surface area contributed by atoms with E-state index in [0.29, 0.717) is 18.3 Å². The van der Waals surface area contributed by atoms with E-state index in [2.05, 4.69) is 17.1 Å². The lowest BCUT2D eigenvalue weighted by Crippen LogP contribution is -2.40. The normalized spacial score (nSPS) is 25.6. The zero-order valence-electron chi connectivity index (χ0n) is 12.7. The van der Waals surface area contributed by atoms with E-state index in [1.54, 1.807) is 4.31 Å². The van der Waals surface area contributed by atoms with E-state index in [1.807, 2.05) is 0 Å². The van der Waals surface area contributed by atoms with Gasteiger partial charge in [0.1, 0.15) is 0 Å². The van der Waals surface area contributed by atoms with E-state index in [0.717, 1.165) is 58.4 Å². The lowest BCUT2D eigenvalue weighted by Gasteiger charge is -2.25. The molecule has 2 saturated heterocycles. The zero-order valence-corrected chi connectivity index (χ0v) is 13.5. The van der Waals surface area contributed by atoms with Crippen molar-refractivity contribution in [3.63, 3.8) is 0 Å². The molecule has 0 saturated carbocycles. The van der Waals surface area contributed by atoms with Crippen LogP contribution >= 0.6 is 0 Å². The molecule has 0 spiro atoms. The molecule has 2 aliphatic rings. The maximum atomic E-state index is 12.4. The van der Waals surface area contributed by atoms with Crippen LogP contribution in [0.4, 0.5) is 0 Å². The molecule has 0 bridgehead atoms. The van der Waals surface area contributed by atoms with Crippen molar-refractivity contribution in [2.75, 3.05) is 45.0 Å². The number of fused-ring (bicyclic) bond motifs is 1. The van der Waals surface area contributed by atoms with Crippen LogP contribution in [0.2, 0.25) is 0 Å². The van der Waals surface area contributed by atoms with Gasteiger partial charge in [0.25, 0.3) is 0 Å². The minimum Gasteiger partial charge on any atom is -0.317 e. The lowest BCUT2D eigenvalue weighted by atomic mass is 10.2. The summed E-state index contributed by atoms with van der Waals surface area (Å²) in [4.78, 5) is 2.47. The van der Waals surface area contributed by atoms with Gasteiger partial charge in [-0.05, 0) is 58.3 Å². The number of unbranched alkanes of at least 4 members (excludes halogenated alkanes) is 1. The predicted octanol–water partition coefficient (Wildman–Crippen LogP) is 0.876. The summed E-state index contributed by atoms with van der Waals surface area (Å²) in [6.45, 7) is 7.59. The van der Waals surface area contributed by atoms with Gasteiger partial charge in [0.15, 0.2) is 0 Å². The molecule has 0 aromatic rings. The highest BCUT2D eigenvalue weighted by Crippen LogP contribution is 2.23. The van der Waals surface area contributed by atoms with Gasteiger partial charge in [0.2, 0.25) is 10.0 Å². The molecule has 0 aliphatic carbocycles. The minimum absolute atomic E-state index is 0.311. The fourth-order valence-corrected chi connectivity index (χ4v) is 4.90. The molecule has 2 rings (SSSR count). The molecule has 2 heterocycles. The van der Waals surface area contributed by atoms with Crippen molar-refractivity contribution in [2.45, 2.75) is 45.1 Å². The van der Waals surface area contributed by atoms with E-state index >= 15 is 0 Å². The van der Waals surface area contributed by atoms with Crippen LogP contribution in [0, 0.1) is 0 Å². The molecular formula is C14H29N3O2S. The second-order valence-electron chi connectivity index (χ2n) is 5.92. The molecule has 1 unspecified atom stereocenters. The van der Waals surface area contributed by atoms with Crippen molar-refractivity contribution in [1.29, 1.82) is 0 Å². The molecule has 5 nitrogen and oxygen atoms in total. The van der Waals surface area contributed by atoms with Crippen molar-refractivity contribution in [2.24, 2.45) is 0 Å². The minimum atomic E-state index is -3.05. The van der Waals surface area contributed by atoms with Gasteiger partial charge in [0.05, 0.1) is 5.75 Å². The quantitative estimate of drug-likeness (QED) is 0.709. The number of nitrogens with one attached hydrogen (secondary N) is 1. The first-order valence-electron chi connectivity index (χ1n) is 8.06. The van der Waals surface area contributed by atoms with Gasteiger partial charge in [-0.15, -0.1) is 0 Å². The lowest BCUT2D eigenvalue weighted by molar-refractivity contribution is 0.257. The second kappa shape index (κ2) is 7.73. The Kier molecular flexibility index (Phi) is 6.26. The highest BCUT2D eigenvalue weighted by atomic mass is 32.2. The third kappa shape index (κ3) is 4.41. The summed E-state index contributed by atoms with van der Waals surface area (Å²) in [7, 11) is -3.05. The van der Waals surface area contributed by atoms with Crippen LogP contribution in [-0.2, 0) is 10.0 Å². The van der Waals surface area contributed by atoms with Gasteiger partial charge >= 0.3 is 0 Å². The fraction of sp³-hybridized carbons (Fsp3) is 1.00. The Labute approximate surface area is 123 Å². The first kappa shape index (κ1) is 16.2. The molecule has 118 valence electrons. The Morgan fingerprint density at radius 3 is 2.75 bits per heavy atom. The number of hydrogen-bond donors (Lipinski definition) is 1. The summed E-state index contributed by atoms with van der Waals surface area (Å²) in [6, 6.07) is 0.467. The molecule has 0 aromatic carbocycles. The number of rotatable bonds is 7. The van der Waals surface area contributed by atoms with E-state index in [-0.39, 0.29) is 0 Å². The summed E-state index contributed by atoms with van der Waals surface area (Å²) in [5.41, 5.74) is 0. The van der Waals surface area contributed by atoms with Crippen molar-refractivity contribution < 1.29 is 8.42 Å². The van der Waals surface area contributed by atoms with Crippen LogP contribution in [0.3, 0.4) is 0 Å². The molecule has 2 aliphatic heterocycles. The average Bonchev–Trinajstić information content (AvgIpc) is 2.75. The summed E-state index contributed by atoms with van der Waals surface area (Å²) >= 11 is 0. The average molecular weight is 303 g/mol. The van der Waals surface area contributed by atoms with Crippen LogP contribution < -0.4 is 5.32 Å². The third-order valence-electron chi connectivity index (χ3n) is 4.42. The highest BCUT2D eigenvalue weighted by molar-refractivity contribution is 7.89. The molecule has 6 heteroatoms. The molecule has 0 aromatic heterocycles. The van der Waals surface area contributed by atoms with E-state index in [1.165, 1.54) is 6.42 Å². The summed E-state index contributed by atoms with van der Waals surface area (Å²) in [5.74, 6) is 0.311. The molecular weight excluding hydrogens is 274 g/mol. The SMILES string of the molecule is CCNCCCCS(=O)(=O)N1CCCN2CCCC2C1. The Morgan fingerprint density at radius 2 is 1.95 bits per heavy atom. The first-order valence-corrected chi connectivity index (χ1v) is 9.67. The Hall–Kier alpha value is -0.170. The molecule has 0 radical (unpaired) electrons. The maximum Gasteiger partial charge on any atom is 0.214 e. The zero-order chi connectivity index (χ0) is 14.4. The number of hydrogen-bond acceptors (Lipinski definition) is 4. The first-order chi connectivity index (χ1) is 9.63. The van der Waals surface area contributed by atoms with Gasteiger partial charge in [0, 0.05) is 19.1 Å². The molecule has 1 atom stereocenters. The standard InChI is InChI=1S/C14H29N3O2S/c1-2-15-8-3-4-12-20(18,19)17-11-6-10-16-9-5-7-14(16)13-17/h14-15H,2-13H2,1H3. The van der Waals surface area contributed by atoms with Crippen molar-refractivity contribution in [3.8, 4) is 0 Å². The van der Waals surface area contributed by atoms with Crippen LogP contribution in [0.25, 0.3) is 0 Å². The van der Waals surface area contributed by atoms with E-state index in [9.17, 15) is 8.42 Å². The van der Waals surface area contributed by atoms with Crippen molar-refractivity contribution in [3.05, 3.63) is 0 Å². The Bertz CT molecular complexity index is 386. The summed E-state index contributed by atoms with van der Waals surface area (Å²) < 4.78 is 26.7. The Morgan fingerprint density at radius 1 is 1.15 bits per heavy atom. The smallest absolute Gasteiger partial charge is 0.214 e. The molecule has 0 amide bonds. The predicted molar refractivity (Wildman–Crippen MR) is 82.3 cm³/mol. The van der Waals surface area contributed by atoms with E-state index in [4.69, 9.17) is 0 Å². The van der Waals surface area contributed by atoms with Gasteiger partial charge in [-0.25, -0.2) is 12.7 Å². The Balaban J connectivity index is 1.81. The van der Waals surface area contributed by atoms with E-state index < -0.39 is 10.0 Å². The summed E-state index contributed by atoms with van der Waals surface area (Å²) in [6.07, 6.45) is 5.07. The monoisotopic (exact) mass is 303 g/mol. The topological polar surface area (TPSA) is 52.7 Å². The number of nitrogens with zero attached hydrogens (tertiary/aromatic N) is 2. The van der Waals surface area contributed by atoms with Crippen LogP contribution in [0.15, 0.2) is 0 Å². The van der Waals surface area contributed by atoms with Crippen LogP contribution in [0.1, 0.15) is 39.0 Å². The third-order valence-corrected chi connectivity index (χ3v) is 6.34. The van der Waals surface area contributed by atoms with Gasteiger partial charge < -0.3 is 5.32 Å².